The Morgan fingerprint density at radius 3 is 2.90 bits per heavy atom. The molecule has 108 valence electrons. The first-order valence-electron chi connectivity index (χ1n) is 6.32. The number of hydrogen-bond donors (Lipinski definition) is 1. The highest BCUT2D eigenvalue weighted by Gasteiger charge is 2.09. The molecule has 0 unspecified atom stereocenters. The molecule has 6 heteroatoms. The maximum atomic E-state index is 11.6. The molecule has 0 amide bonds. The molecular weight excluding hydrogens is 352 g/mol. The minimum atomic E-state index is -0.332. The second-order valence-electron chi connectivity index (χ2n) is 4.18. The molecule has 0 aliphatic rings. The average Bonchev–Trinajstić information content (AvgIpc) is 2.94. The predicted molar refractivity (Wildman–Crippen MR) is 86.5 cm³/mol. The van der Waals surface area contributed by atoms with Gasteiger partial charge in [-0.1, -0.05) is 0 Å². The monoisotopic (exact) mass is 364 g/mol. The minimum Gasteiger partial charge on any atom is -0.462 e. The fraction of sp³-hybridized carbons (Fsp3) is 0.200. The zero-order chi connectivity index (χ0) is 15.2. The Bertz CT molecular complexity index is 691. The van der Waals surface area contributed by atoms with E-state index in [1.54, 1.807) is 19.1 Å². The molecule has 0 aliphatic carbocycles. The lowest BCUT2D eigenvalue weighted by atomic mass is 10.2. The first-order chi connectivity index (χ1) is 10.1. The van der Waals surface area contributed by atoms with Gasteiger partial charge in [-0.3, -0.25) is 0 Å². The van der Waals surface area contributed by atoms with Crippen molar-refractivity contribution < 1.29 is 9.53 Å². The lowest BCUT2D eigenvalue weighted by Crippen LogP contribution is -2.05. The third-order valence-electron chi connectivity index (χ3n) is 2.72. The van der Waals surface area contributed by atoms with Gasteiger partial charge in [-0.05, 0) is 47.1 Å². The van der Waals surface area contributed by atoms with Crippen LogP contribution < -0.4 is 5.32 Å². The van der Waals surface area contributed by atoms with Crippen molar-refractivity contribution in [3.8, 4) is 6.07 Å². The molecule has 2 rings (SSSR count). The van der Waals surface area contributed by atoms with Gasteiger partial charge in [-0.2, -0.15) is 5.26 Å². The number of hydrogen-bond acceptors (Lipinski definition) is 5. The Morgan fingerprint density at radius 2 is 2.29 bits per heavy atom. The summed E-state index contributed by atoms with van der Waals surface area (Å²) in [5.41, 5.74) is 2.07. The van der Waals surface area contributed by atoms with Crippen LogP contribution in [0.1, 0.15) is 27.7 Å². The normalized spacial score (nSPS) is 9.95. The van der Waals surface area contributed by atoms with Crippen LogP contribution in [0.25, 0.3) is 0 Å². The molecular formula is C15H13BrN2O2S. The van der Waals surface area contributed by atoms with Crippen LogP contribution in [0.2, 0.25) is 0 Å². The van der Waals surface area contributed by atoms with E-state index in [0.29, 0.717) is 24.3 Å². The highest BCUT2D eigenvalue weighted by atomic mass is 79.9. The quantitative estimate of drug-likeness (QED) is 0.808. The number of nitriles is 1. The molecule has 1 aromatic carbocycles. The highest BCUT2D eigenvalue weighted by molar-refractivity contribution is 9.10. The summed E-state index contributed by atoms with van der Waals surface area (Å²) in [6, 6.07) is 9.25. The molecule has 0 fully saturated rings. The molecule has 0 aliphatic heterocycles. The second-order valence-corrected chi connectivity index (χ2v) is 6.03. The third-order valence-corrected chi connectivity index (χ3v) is 4.31. The molecule has 0 spiro atoms. The summed E-state index contributed by atoms with van der Waals surface area (Å²) in [6.45, 7) is 2.76. The number of rotatable bonds is 5. The highest BCUT2D eigenvalue weighted by Crippen LogP contribution is 2.25. The number of thiophene rings is 1. The van der Waals surface area contributed by atoms with Crippen LogP contribution in [-0.4, -0.2) is 12.6 Å². The van der Waals surface area contributed by atoms with Gasteiger partial charge in [0.05, 0.1) is 17.7 Å². The number of ether oxygens (including phenoxy) is 1. The number of carbonyl (C=O) groups is 1. The van der Waals surface area contributed by atoms with Crippen LogP contribution in [0.15, 0.2) is 34.1 Å². The Balaban J connectivity index is 2.04. The zero-order valence-corrected chi connectivity index (χ0v) is 13.8. The van der Waals surface area contributed by atoms with Gasteiger partial charge in [-0.25, -0.2) is 4.79 Å². The van der Waals surface area contributed by atoms with Crippen molar-refractivity contribution in [3.63, 3.8) is 0 Å². The number of halogens is 1. The number of carbonyl (C=O) groups excluding carboxylic acids is 1. The van der Waals surface area contributed by atoms with Crippen molar-refractivity contribution in [2.45, 2.75) is 13.5 Å². The first-order valence-corrected chi connectivity index (χ1v) is 7.99. The van der Waals surface area contributed by atoms with E-state index >= 15 is 0 Å². The van der Waals surface area contributed by atoms with Crippen molar-refractivity contribution in [1.29, 1.82) is 5.26 Å². The van der Waals surface area contributed by atoms with Crippen LogP contribution in [0.5, 0.6) is 0 Å². The van der Waals surface area contributed by atoms with Crippen molar-refractivity contribution in [3.05, 3.63) is 50.1 Å². The van der Waals surface area contributed by atoms with Crippen LogP contribution in [0, 0.1) is 11.3 Å². The Hall–Kier alpha value is -1.84. The molecule has 1 aromatic heterocycles. The summed E-state index contributed by atoms with van der Waals surface area (Å²) in [6.07, 6.45) is 0. The number of benzene rings is 1. The van der Waals surface area contributed by atoms with Crippen molar-refractivity contribution in [1.82, 2.24) is 0 Å². The molecule has 1 heterocycles. The topological polar surface area (TPSA) is 62.1 Å². The van der Waals surface area contributed by atoms with E-state index in [4.69, 9.17) is 10.00 Å². The summed E-state index contributed by atoms with van der Waals surface area (Å²) in [5, 5.41) is 13.9. The van der Waals surface area contributed by atoms with E-state index in [1.165, 1.54) is 11.3 Å². The second kappa shape index (κ2) is 7.25. The molecule has 1 N–H and O–H groups in total. The minimum absolute atomic E-state index is 0.332. The summed E-state index contributed by atoms with van der Waals surface area (Å²) in [7, 11) is 0. The first kappa shape index (κ1) is 15.5. The summed E-state index contributed by atoms with van der Waals surface area (Å²) >= 11 is 4.98. The van der Waals surface area contributed by atoms with Crippen LogP contribution in [-0.2, 0) is 11.3 Å². The largest absolute Gasteiger partial charge is 0.462 e. The van der Waals surface area contributed by atoms with E-state index in [2.05, 4.69) is 27.3 Å². The SMILES string of the molecule is CCOC(=O)c1ccc(NCc2cc(C#N)cs2)c(Br)c1. The standard InChI is InChI=1S/C15H13BrN2O2S/c1-2-20-15(19)11-3-4-14(13(16)6-11)18-8-12-5-10(7-17)9-21-12/h3-6,9,18H,2,8H2,1H3. The van der Waals surface area contributed by atoms with Gasteiger partial charge < -0.3 is 10.1 Å². The van der Waals surface area contributed by atoms with Crippen LogP contribution in [0.3, 0.4) is 0 Å². The zero-order valence-electron chi connectivity index (χ0n) is 11.4. The van der Waals surface area contributed by atoms with Gasteiger partial charge in [0.1, 0.15) is 6.07 Å². The summed E-state index contributed by atoms with van der Waals surface area (Å²) < 4.78 is 5.75. The Kier molecular flexibility index (Phi) is 5.37. The Labute approximate surface area is 135 Å². The number of nitrogens with zero attached hydrogens (tertiary/aromatic N) is 1. The average molecular weight is 365 g/mol. The lowest BCUT2D eigenvalue weighted by molar-refractivity contribution is 0.0526. The van der Waals surface area contributed by atoms with Crippen molar-refractivity contribution >= 4 is 38.9 Å². The number of nitrogens with one attached hydrogen (secondary N) is 1. The fourth-order valence-corrected chi connectivity index (χ4v) is 2.98. The van der Waals surface area contributed by atoms with E-state index in [1.807, 2.05) is 17.5 Å². The maximum Gasteiger partial charge on any atom is 0.338 e. The molecule has 0 bridgehead atoms. The van der Waals surface area contributed by atoms with E-state index < -0.39 is 0 Å². The van der Waals surface area contributed by atoms with E-state index in [0.717, 1.165) is 15.0 Å². The Morgan fingerprint density at radius 1 is 1.48 bits per heavy atom. The van der Waals surface area contributed by atoms with Gasteiger partial charge in [-0.15, -0.1) is 11.3 Å². The molecule has 21 heavy (non-hydrogen) atoms. The van der Waals surface area contributed by atoms with E-state index in [9.17, 15) is 4.79 Å². The molecule has 4 nitrogen and oxygen atoms in total. The molecule has 0 radical (unpaired) electrons. The van der Waals surface area contributed by atoms with Crippen LogP contribution in [0.4, 0.5) is 5.69 Å². The van der Waals surface area contributed by atoms with Gasteiger partial charge >= 0.3 is 5.97 Å². The summed E-state index contributed by atoms with van der Waals surface area (Å²) in [4.78, 5) is 12.7. The van der Waals surface area contributed by atoms with Gasteiger partial charge in [0.25, 0.3) is 0 Å². The molecule has 2 aromatic rings. The van der Waals surface area contributed by atoms with Gasteiger partial charge in [0, 0.05) is 27.0 Å². The molecule has 0 atom stereocenters. The van der Waals surface area contributed by atoms with Gasteiger partial charge in [0.2, 0.25) is 0 Å². The molecule has 0 saturated carbocycles. The lowest BCUT2D eigenvalue weighted by Gasteiger charge is -2.09. The van der Waals surface area contributed by atoms with Crippen molar-refractivity contribution in [2.75, 3.05) is 11.9 Å². The maximum absolute atomic E-state index is 11.6. The van der Waals surface area contributed by atoms with Crippen LogP contribution >= 0.6 is 27.3 Å². The smallest absolute Gasteiger partial charge is 0.338 e. The fourth-order valence-electron chi connectivity index (χ4n) is 1.71. The third kappa shape index (κ3) is 4.06. The summed E-state index contributed by atoms with van der Waals surface area (Å²) in [5.74, 6) is -0.332. The predicted octanol–water partition coefficient (Wildman–Crippen LogP) is 4.17. The van der Waals surface area contributed by atoms with Gasteiger partial charge in [0.15, 0.2) is 0 Å². The van der Waals surface area contributed by atoms with E-state index in [-0.39, 0.29) is 5.97 Å². The molecule has 0 saturated heterocycles. The van der Waals surface area contributed by atoms with Crippen molar-refractivity contribution in [2.24, 2.45) is 0 Å². The number of anilines is 1. The number of esters is 1.